The fourth-order valence-electron chi connectivity index (χ4n) is 1.34. The van der Waals surface area contributed by atoms with Crippen LogP contribution in [0, 0.1) is 18.8 Å². The molecule has 1 aromatic rings. The predicted molar refractivity (Wildman–Crippen MR) is 70.2 cm³/mol. The summed E-state index contributed by atoms with van der Waals surface area (Å²) in [4.78, 5) is 0. The monoisotopic (exact) mass is 249 g/mol. The van der Waals surface area contributed by atoms with Gasteiger partial charge in [-0.2, -0.15) is 5.10 Å². The van der Waals surface area contributed by atoms with Crippen LogP contribution in [0.15, 0.2) is 6.07 Å². The largest absolute Gasteiger partial charge is 0.371 e. The van der Waals surface area contributed by atoms with E-state index in [9.17, 15) is 0 Å². The average molecular weight is 249 g/mol. The molecule has 0 atom stereocenters. The minimum atomic E-state index is -0.502. The lowest BCUT2D eigenvalue weighted by Gasteiger charge is -2.09. The number of nitrogens with one attached hydrogen (secondary N) is 1. The Labute approximate surface area is 108 Å². The van der Waals surface area contributed by atoms with E-state index in [1.54, 1.807) is 7.05 Å². The van der Waals surface area contributed by atoms with Crippen molar-refractivity contribution >= 4 is 5.82 Å². The number of hydrogen-bond acceptors (Lipinski definition) is 5. The number of ether oxygens (including phenoxy) is 2. The van der Waals surface area contributed by atoms with E-state index in [0.717, 1.165) is 11.3 Å². The molecule has 0 fully saturated rings. The molecule has 0 unspecified atom stereocenters. The first-order chi connectivity index (χ1) is 8.71. The number of hydrogen-bond donors (Lipinski definition) is 1. The Balaban J connectivity index is 2.90. The quantitative estimate of drug-likeness (QED) is 0.634. The lowest BCUT2D eigenvalue weighted by atomic mass is 10.2. The molecule has 0 bridgehead atoms. The van der Waals surface area contributed by atoms with Gasteiger partial charge in [0.2, 0.25) is 6.29 Å². The molecule has 0 aliphatic heterocycles. The molecule has 1 N–H and O–H groups in total. The molecule has 1 rings (SSSR count). The average Bonchev–Trinajstić information content (AvgIpc) is 2.36. The van der Waals surface area contributed by atoms with E-state index >= 15 is 0 Å². The summed E-state index contributed by atoms with van der Waals surface area (Å²) in [6.07, 6.45) is -0.502. The molecule has 0 spiro atoms. The van der Waals surface area contributed by atoms with Gasteiger partial charge in [-0.05, 0) is 32.8 Å². The van der Waals surface area contributed by atoms with Crippen LogP contribution in [-0.4, -0.2) is 36.7 Å². The van der Waals surface area contributed by atoms with Gasteiger partial charge in [0.05, 0.1) is 11.3 Å². The Kier molecular flexibility index (Phi) is 6.12. The van der Waals surface area contributed by atoms with Crippen molar-refractivity contribution in [1.82, 2.24) is 10.2 Å². The predicted octanol–water partition coefficient (Wildman–Crippen LogP) is 1.58. The summed E-state index contributed by atoms with van der Waals surface area (Å²) in [5.74, 6) is 6.60. The number of rotatable bonds is 5. The highest BCUT2D eigenvalue weighted by Gasteiger charge is 2.04. The van der Waals surface area contributed by atoms with E-state index in [2.05, 4.69) is 27.4 Å². The van der Waals surface area contributed by atoms with Crippen LogP contribution in [0.4, 0.5) is 5.82 Å². The van der Waals surface area contributed by atoms with E-state index in [-0.39, 0.29) is 0 Å². The molecule has 0 amide bonds. The molecule has 1 aromatic heterocycles. The van der Waals surface area contributed by atoms with E-state index in [4.69, 9.17) is 9.47 Å². The van der Waals surface area contributed by atoms with Crippen LogP contribution >= 0.6 is 0 Å². The maximum atomic E-state index is 5.36. The highest BCUT2D eigenvalue weighted by atomic mass is 16.7. The third-order valence-corrected chi connectivity index (χ3v) is 2.11. The molecule has 98 valence electrons. The van der Waals surface area contributed by atoms with Crippen molar-refractivity contribution in [3.8, 4) is 11.8 Å². The Morgan fingerprint density at radius 3 is 2.50 bits per heavy atom. The zero-order valence-electron chi connectivity index (χ0n) is 11.3. The summed E-state index contributed by atoms with van der Waals surface area (Å²) in [6.45, 7) is 6.81. The first-order valence-corrected chi connectivity index (χ1v) is 5.98. The molecule has 5 nitrogen and oxygen atoms in total. The summed E-state index contributed by atoms with van der Waals surface area (Å²) in [7, 11) is 1.78. The summed E-state index contributed by atoms with van der Waals surface area (Å²) in [5, 5.41) is 10.9. The molecule has 0 radical (unpaired) electrons. The van der Waals surface area contributed by atoms with Crippen LogP contribution < -0.4 is 5.32 Å². The molecule has 18 heavy (non-hydrogen) atoms. The van der Waals surface area contributed by atoms with Crippen molar-refractivity contribution in [3.05, 3.63) is 17.3 Å². The van der Waals surface area contributed by atoms with Gasteiger partial charge in [-0.1, -0.05) is 5.92 Å². The van der Waals surface area contributed by atoms with Crippen LogP contribution in [0.25, 0.3) is 0 Å². The molecule has 1 heterocycles. The second kappa shape index (κ2) is 7.64. The van der Waals surface area contributed by atoms with Crippen molar-refractivity contribution in [2.45, 2.75) is 27.1 Å². The van der Waals surface area contributed by atoms with Gasteiger partial charge in [-0.3, -0.25) is 0 Å². The van der Waals surface area contributed by atoms with Gasteiger partial charge in [0, 0.05) is 20.3 Å². The normalized spacial score (nSPS) is 10.1. The first kappa shape index (κ1) is 14.4. The molecule has 0 saturated carbocycles. The van der Waals surface area contributed by atoms with Crippen molar-refractivity contribution < 1.29 is 9.47 Å². The highest BCUT2D eigenvalue weighted by Crippen LogP contribution is 2.09. The number of anilines is 1. The van der Waals surface area contributed by atoms with E-state index < -0.39 is 6.29 Å². The van der Waals surface area contributed by atoms with Crippen LogP contribution in [0.5, 0.6) is 0 Å². The maximum Gasteiger partial charge on any atom is 0.222 e. The molecule has 0 aliphatic carbocycles. The Morgan fingerprint density at radius 2 is 1.94 bits per heavy atom. The lowest BCUT2D eigenvalue weighted by molar-refractivity contribution is -0.0969. The van der Waals surface area contributed by atoms with Gasteiger partial charge in [0.15, 0.2) is 5.82 Å². The van der Waals surface area contributed by atoms with Crippen LogP contribution in [0.3, 0.4) is 0 Å². The summed E-state index contributed by atoms with van der Waals surface area (Å²) >= 11 is 0. The molecular formula is C13H19N3O2. The standard InChI is InChI=1S/C13H19N3O2/c1-5-17-12(18-6-2)8-7-11-9-10(3)15-16-13(11)14-4/h9,12H,5-6H2,1-4H3,(H,14,16). The lowest BCUT2D eigenvalue weighted by Crippen LogP contribution is -2.14. The number of nitrogens with zero attached hydrogens (tertiary/aromatic N) is 2. The van der Waals surface area contributed by atoms with Crippen LogP contribution in [0.1, 0.15) is 25.1 Å². The molecule has 0 saturated heterocycles. The third-order valence-electron chi connectivity index (χ3n) is 2.11. The highest BCUT2D eigenvalue weighted by molar-refractivity contribution is 5.53. The van der Waals surface area contributed by atoms with E-state index in [1.807, 2.05) is 26.8 Å². The van der Waals surface area contributed by atoms with Crippen molar-refractivity contribution in [2.75, 3.05) is 25.6 Å². The minimum Gasteiger partial charge on any atom is -0.371 e. The van der Waals surface area contributed by atoms with Gasteiger partial charge in [0.25, 0.3) is 0 Å². The smallest absolute Gasteiger partial charge is 0.222 e. The minimum absolute atomic E-state index is 0.502. The third kappa shape index (κ3) is 4.32. The summed E-state index contributed by atoms with van der Waals surface area (Å²) in [6, 6.07) is 1.88. The fraction of sp³-hybridized carbons (Fsp3) is 0.538. The second-order valence-corrected chi connectivity index (χ2v) is 3.51. The zero-order valence-corrected chi connectivity index (χ0v) is 11.3. The van der Waals surface area contributed by atoms with Gasteiger partial charge >= 0.3 is 0 Å². The van der Waals surface area contributed by atoms with Crippen LogP contribution in [-0.2, 0) is 9.47 Å². The zero-order chi connectivity index (χ0) is 13.4. The molecular weight excluding hydrogens is 230 g/mol. The second-order valence-electron chi connectivity index (χ2n) is 3.51. The molecule has 0 aliphatic rings. The maximum absolute atomic E-state index is 5.36. The van der Waals surface area contributed by atoms with Gasteiger partial charge in [0.1, 0.15) is 0 Å². The van der Waals surface area contributed by atoms with Crippen molar-refractivity contribution in [3.63, 3.8) is 0 Å². The number of aryl methyl sites for hydroxylation is 1. The van der Waals surface area contributed by atoms with Gasteiger partial charge in [-0.15, -0.1) is 5.10 Å². The Hall–Kier alpha value is -1.64. The summed E-state index contributed by atoms with van der Waals surface area (Å²) < 4.78 is 10.7. The Morgan fingerprint density at radius 1 is 1.28 bits per heavy atom. The topological polar surface area (TPSA) is 56.3 Å². The fourth-order valence-corrected chi connectivity index (χ4v) is 1.34. The number of aromatic nitrogens is 2. The summed E-state index contributed by atoms with van der Waals surface area (Å²) in [5.41, 5.74) is 1.61. The first-order valence-electron chi connectivity index (χ1n) is 5.98. The Bertz CT molecular complexity index is 432. The molecule has 0 aromatic carbocycles. The van der Waals surface area contributed by atoms with Crippen LogP contribution in [0.2, 0.25) is 0 Å². The van der Waals surface area contributed by atoms with Gasteiger partial charge < -0.3 is 14.8 Å². The van der Waals surface area contributed by atoms with Crippen molar-refractivity contribution in [2.24, 2.45) is 0 Å². The van der Waals surface area contributed by atoms with Crippen molar-refractivity contribution in [1.29, 1.82) is 0 Å². The van der Waals surface area contributed by atoms with Gasteiger partial charge in [-0.25, -0.2) is 0 Å². The molecule has 5 heteroatoms. The van der Waals surface area contributed by atoms with E-state index in [1.165, 1.54) is 0 Å². The SMILES string of the molecule is CCOC(C#Cc1cc(C)nnc1NC)OCC. The van der Waals surface area contributed by atoms with E-state index in [0.29, 0.717) is 19.0 Å².